The Hall–Kier alpha value is -1.86. The van der Waals surface area contributed by atoms with Gasteiger partial charge in [-0.05, 0) is 25.0 Å². The quantitative estimate of drug-likeness (QED) is 0.519. The Morgan fingerprint density at radius 3 is 2.48 bits per heavy atom. The molecule has 3 rings (SSSR count). The van der Waals surface area contributed by atoms with Crippen LogP contribution in [0.15, 0.2) is 18.2 Å². The standard InChI is InChI=1S/C14H19N3O4/c15-12-9-11(1-2-13(12)17(18)19)16-5-3-10(4-6-16)14-20-7-8-21-14/h1-2,9-10,14H,3-8,15H2. The normalized spacial score (nSPS) is 20.9. The molecule has 1 aromatic carbocycles. The molecule has 0 aliphatic carbocycles. The fourth-order valence-electron chi connectivity index (χ4n) is 2.98. The number of nitrogen functional groups attached to an aromatic ring is 1. The van der Waals surface area contributed by atoms with Crippen LogP contribution < -0.4 is 10.6 Å². The molecule has 2 saturated heterocycles. The van der Waals surface area contributed by atoms with Gasteiger partial charge in [0.15, 0.2) is 6.29 Å². The smallest absolute Gasteiger partial charge is 0.292 e. The molecular weight excluding hydrogens is 274 g/mol. The third-order valence-electron chi connectivity index (χ3n) is 4.15. The van der Waals surface area contributed by atoms with Crippen LogP contribution in [0.25, 0.3) is 0 Å². The Morgan fingerprint density at radius 2 is 1.90 bits per heavy atom. The summed E-state index contributed by atoms with van der Waals surface area (Å²) >= 11 is 0. The lowest BCUT2D eigenvalue weighted by atomic mass is 9.95. The number of benzene rings is 1. The Bertz CT molecular complexity index is 523. The zero-order chi connectivity index (χ0) is 14.8. The second-order valence-electron chi connectivity index (χ2n) is 5.43. The Kier molecular flexibility index (Phi) is 3.94. The number of nitro benzene ring substituents is 1. The van der Waals surface area contributed by atoms with E-state index >= 15 is 0 Å². The fourth-order valence-corrected chi connectivity index (χ4v) is 2.98. The number of ether oxygens (including phenoxy) is 2. The van der Waals surface area contributed by atoms with E-state index in [1.807, 2.05) is 0 Å². The van der Waals surface area contributed by atoms with E-state index < -0.39 is 4.92 Å². The van der Waals surface area contributed by atoms with E-state index in [0.29, 0.717) is 19.1 Å². The van der Waals surface area contributed by atoms with Crippen LogP contribution in [-0.4, -0.2) is 37.5 Å². The largest absolute Gasteiger partial charge is 0.393 e. The lowest BCUT2D eigenvalue weighted by Crippen LogP contribution is -2.38. The molecule has 2 heterocycles. The summed E-state index contributed by atoms with van der Waals surface area (Å²) in [5.74, 6) is 0.430. The molecule has 0 atom stereocenters. The summed E-state index contributed by atoms with van der Waals surface area (Å²) in [7, 11) is 0. The number of hydrogen-bond donors (Lipinski definition) is 1. The summed E-state index contributed by atoms with van der Waals surface area (Å²) in [6.45, 7) is 3.13. The highest BCUT2D eigenvalue weighted by molar-refractivity contribution is 5.66. The predicted molar refractivity (Wildman–Crippen MR) is 78.1 cm³/mol. The van der Waals surface area contributed by atoms with Crippen molar-refractivity contribution in [2.75, 3.05) is 36.9 Å². The number of nitro groups is 1. The molecule has 0 bridgehead atoms. The first-order chi connectivity index (χ1) is 10.1. The van der Waals surface area contributed by atoms with E-state index in [1.165, 1.54) is 6.07 Å². The molecule has 114 valence electrons. The molecule has 2 fully saturated rings. The molecule has 2 aliphatic rings. The minimum absolute atomic E-state index is 0.0404. The van der Waals surface area contributed by atoms with Gasteiger partial charge in [-0.2, -0.15) is 0 Å². The first kappa shape index (κ1) is 14.1. The first-order valence-electron chi connectivity index (χ1n) is 7.17. The van der Waals surface area contributed by atoms with Gasteiger partial charge in [-0.25, -0.2) is 0 Å². The van der Waals surface area contributed by atoms with Gasteiger partial charge in [-0.15, -0.1) is 0 Å². The minimum Gasteiger partial charge on any atom is -0.393 e. The van der Waals surface area contributed by atoms with Crippen molar-refractivity contribution in [3.8, 4) is 0 Å². The molecule has 0 spiro atoms. The summed E-state index contributed by atoms with van der Waals surface area (Å²) in [4.78, 5) is 12.5. The maximum atomic E-state index is 10.8. The van der Waals surface area contributed by atoms with Crippen molar-refractivity contribution in [1.82, 2.24) is 0 Å². The van der Waals surface area contributed by atoms with Crippen LogP contribution in [-0.2, 0) is 9.47 Å². The average molecular weight is 293 g/mol. The number of hydrogen-bond acceptors (Lipinski definition) is 6. The molecule has 2 aliphatic heterocycles. The monoisotopic (exact) mass is 293 g/mol. The molecule has 7 nitrogen and oxygen atoms in total. The van der Waals surface area contributed by atoms with Crippen LogP contribution in [0.3, 0.4) is 0 Å². The third kappa shape index (κ3) is 2.93. The molecule has 0 aromatic heterocycles. The molecule has 2 N–H and O–H groups in total. The van der Waals surface area contributed by atoms with Crippen LogP contribution in [0.4, 0.5) is 17.1 Å². The molecule has 0 amide bonds. The number of nitrogens with zero attached hydrogens (tertiary/aromatic N) is 2. The van der Waals surface area contributed by atoms with Gasteiger partial charge in [0.2, 0.25) is 0 Å². The van der Waals surface area contributed by atoms with E-state index in [0.717, 1.165) is 31.6 Å². The van der Waals surface area contributed by atoms with E-state index in [4.69, 9.17) is 15.2 Å². The molecule has 1 aromatic rings. The summed E-state index contributed by atoms with van der Waals surface area (Å²) < 4.78 is 11.1. The van der Waals surface area contributed by atoms with Crippen molar-refractivity contribution in [2.24, 2.45) is 5.92 Å². The Morgan fingerprint density at radius 1 is 1.24 bits per heavy atom. The van der Waals surface area contributed by atoms with Crippen LogP contribution in [0.1, 0.15) is 12.8 Å². The Balaban J connectivity index is 1.64. The average Bonchev–Trinajstić information content (AvgIpc) is 3.01. The van der Waals surface area contributed by atoms with Gasteiger partial charge in [0.05, 0.1) is 18.1 Å². The zero-order valence-corrected chi connectivity index (χ0v) is 11.7. The maximum Gasteiger partial charge on any atom is 0.292 e. The van der Waals surface area contributed by atoms with Gasteiger partial charge < -0.3 is 20.1 Å². The topological polar surface area (TPSA) is 90.9 Å². The third-order valence-corrected chi connectivity index (χ3v) is 4.15. The highest BCUT2D eigenvalue weighted by Gasteiger charge is 2.30. The predicted octanol–water partition coefficient (Wildman–Crippen LogP) is 1.77. The van der Waals surface area contributed by atoms with Crippen LogP contribution >= 0.6 is 0 Å². The van der Waals surface area contributed by atoms with Gasteiger partial charge in [-0.1, -0.05) is 0 Å². The number of piperidine rings is 1. The minimum atomic E-state index is -0.458. The van der Waals surface area contributed by atoms with Crippen molar-refractivity contribution in [3.63, 3.8) is 0 Å². The van der Waals surface area contributed by atoms with Crippen molar-refractivity contribution < 1.29 is 14.4 Å². The number of nitrogens with two attached hydrogens (primary N) is 1. The van der Waals surface area contributed by atoms with E-state index in [1.54, 1.807) is 12.1 Å². The molecule has 7 heteroatoms. The fraction of sp³-hybridized carbons (Fsp3) is 0.571. The maximum absolute atomic E-state index is 10.8. The van der Waals surface area contributed by atoms with Gasteiger partial charge in [0, 0.05) is 30.8 Å². The van der Waals surface area contributed by atoms with Crippen LogP contribution in [0.2, 0.25) is 0 Å². The summed E-state index contributed by atoms with van der Waals surface area (Å²) in [5.41, 5.74) is 6.85. The van der Waals surface area contributed by atoms with E-state index in [-0.39, 0.29) is 17.7 Å². The van der Waals surface area contributed by atoms with Crippen LogP contribution in [0, 0.1) is 16.0 Å². The highest BCUT2D eigenvalue weighted by Crippen LogP contribution is 2.31. The lowest BCUT2D eigenvalue weighted by molar-refractivity contribution is -0.383. The second-order valence-corrected chi connectivity index (χ2v) is 5.43. The van der Waals surface area contributed by atoms with Crippen molar-refractivity contribution in [1.29, 1.82) is 0 Å². The van der Waals surface area contributed by atoms with E-state index in [2.05, 4.69) is 4.90 Å². The van der Waals surface area contributed by atoms with Crippen molar-refractivity contribution in [3.05, 3.63) is 28.3 Å². The Labute approximate surface area is 122 Å². The van der Waals surface area contributed by atoms with Crippen LogP contribution in [0.5, 0.6) is 0 Å². The van der Waals surface area contributed by atoms with Crippen molar-refractivity contribution >= 4 is 17.1 Å². The van der Waals surface area contributed by atoms with Gasteiger partial charge >= 0.3 is 0 Å². The lowest BCUT2D eigenvalue weighted by Gasteiger charge is -2.35. The molecule has 0 radical (unpaired) electrons. The number of anilines is 2. The van der Waals surface area contributed by atoms with Gasteiger partial charge in [0.25, 0.3) is 5.69 Å². The van der Waals surface area contributed by atoms with Gasteiger partial charge in [-0.3, -0.25) is 10.1 Å². The summed E-state index contributed by atoms with van der Waals surface area (Å²) in [5, 5.41) is 10.8. The highest BCUT2D eigenvalue weighted by atomic mass is 16.7. The zero-order valence-electron chi connectivity index (χ0n) is 11.7. The van der Waals surface area contributed by atoms with Gasteiger partial charge in [0.1, 0.15) is 5.69 Å². The molecule has 0 unspecified atom stereocenters. The first-order valence-corrected chi connectivity index (χ1v) is 7.17. The van der Waals surface area contributed by atoms with Crippen molar-refractivity contribution in [2.45, 2.75) is 19.1 Å². The molecule has 21 heavy (non-hydrogen) atoms. The summed E-state index contributed by atoms with van der Waals surface area (Å²) in [6, 6.07) is 4.92. The second kappa shape index (κ2) is 5.87. The SMILES string of the molecule is Nc1cc(N2CCC(C3OCCO3)CC2)ccc1[N+](=O)[O-]. The molecular formula is C14H19N3O4. The number of rotatable bonds is 3. The van der Waals surface area contributed by atoms with E-state index in [9.17, 15) is 10.1 Å². The molecule has 0 saturated carbocycles. The summed E-state index contributed by atoms with van der Waals surface area (Å²) in [6.07, 6.45) is 1.91.